The molecule has 0 aliphatic carbocycles. The van der Waals surface area contributed by atoms with E-state index >= 15 is 0 Å². The fraction of sp³-hybridized carbons (Fsp3) is 0.269. The van der Waals surface area contributed by atoms with Gasteiger partial charge in [-0.15, -0.1) is 0 Å². The monoisotopic (exact) mass is 541 g/mol. The Morgan fingerprint density at radius 3 is 2.38 bits per heavy atom. The van der Waals surface area contributed by atoms with E-state index in [-0.39, 0.29) is 16.3 Å². The van der Waals surface area contributed by atoms with Crippen LogP contribution in [0.15, 0.2) is 53.4 Å². The van der Waals surface area contributed by atoms with Crippen LogP contribution in [0.25, 0.3) is 16.8 Å². The number of hydrogen-bond acceptors (Lipinski definition) is 6. The van der Waals surface area contributed by atoms with E-state index in [4.69, 9.17) is 16.3 Å². The van der Waals surface area contributed by atoms with Gasteiger partial charge in [0.15, 0.2) is 11.3 Å². The number of methoxy groups -OCH3 is 1. The topological polar surface area (TPSA) is 106 Å². The maximum absolute atomic E-state index is 13.5. The van der Waals surface area contributed by atoms with Gasteiger partial charge in [0.05, 0.1) is 12.7 Å². The number of carbonyl (C=O) groups excluding carboxylic acids is 1. The second-order valence-corrected chi connectivity index (χ2v) is 10.8. The number of hydrogen-bond donors (Lipinski definition) is 1. The molecule has 37 heavy (non-hydrogen) atoms. The van der Waals surface area contributed by atoms with E-state index in [1.807, 2.05) is 19.9 Å². The van der Waals surface area contributed by atoms with Crippen LogP contribution in [0, 0.1) is 13.8 Å². The number of carbonyl (C=O) groups is 1. The number of amides is 1. The molecule has 1 amide bonds. The number of benzene rings is 2. The molecule has 1 N–H and O–H groups in total. The quantitative estimate of drug-likeness (QED) is 0.338. The van der Waals surface area contributed by atoms with Crippen LogP contribution >= 0.6 is 11.6 Å². The lowest BCUT2D eigenvalue weighted by molar-refractivity contribution is 0.102. The van der Waals surface area contributed by atoms with Crippen molar-refractivity contribution in [1.29, 1.82) is 0 Å². The van der Waals surface area contributed by atoms with Gasteiger partial charge in [-0.05, 0) is 61.9 Å². The third-order valence-corrected chi connectivity index (χ3v) is 8.31. The highest BCUT2D eigenvalue weighted by atomic mass is 35.5. The summed E-state index contributed by atoms with van der Waals surface area (Å²) >= 11 is 5.98. The molecule has 0 fully saturated rings. The maximum atomic E-state index is 13.5. The number of rotatable bonds is 8. The first-order valence-corrected chi connectivity index (χ1v) is 13.5. The molecule has 0 saturated carbocycles. The van der Waals surface area contributed by atoms with Gasteiger partial charge in [0, 0.05) is 35.2 Å². The molecular weight excluding hydrogens is 514 g/mol. The van der Waals surface area contributed by atoms with Gasteiger partial charge in [0.2, 0.25) is 10.0 Å². The summed E-state index contributed by atoms with van der Waals surface area (Å²) in [6.45, 7) is 7.87. The minimum Gasteiger partial charge on any atom is -0.495 e. The van der Waals surface area contributed by atoms with Gasteiger partial charge in [-0.1, -0.05) is 31.5 Å². The second kappa shape index (κ2) is 10.5. The molecular formula is C26H28ClN5O4S. The number of aromatic nitrogens is 3. The Hall–Kier alpha value is -3.47. The number of ether oxygens (including phenoxy) is 1. The standard InChI is InChI=1S/C26H28ClN5O4S/c1-6-31(7-2)37(34,35)22-15-18(8-13-21(22)36-5)23-24(26(33)29-20-11-9-19(27)10-12-20)30-32-17(4)14-16(3)28-25(23)32/h8-15H,6-7H2,1-5H3,(H,29,33). The smallest absolute Gasteiger partial charge is 0.276 e. The van der Waals surface area contributed by atoms with E-state index in [0.29, 0.717) is 40.6 Å². The third kappa shape index (κ3) is 5.04. The highest BCUT2D eigenvalue weighted by Gasteiger charge is 2.29. The molecule has 4 rings (SSSR count). The van der Waals surface area contributed by atoms with E-state index in [1.165, 1.54) is 17.5 Å². The highest BCUT2D eigenvalue weighted by molar-refractivity contribution is 7.89. The summed E-state index contributed by atoms with van der Waals surface area (Å²) in [5.41, 5.74) is 3.48. The lowest BCUT2D eigenvalue weighted by Crippen LogP contribution is -2.30. The van der Waals surface area contributed by atoms with E-state index in [2.05, 4.69) is 15.4 Å². The zero-order valence-corrected chi connectivity index (χ0v) is 22.8. The van der Waals surface area contributed by atoms with Crippen LogP contribution in [-0.2, 0) is 10.0 Å². The Morgan fingerprint density at radius 2 is 1.76 bits per heavy atom. The van der Waals surface area contributed by atoms with Crippen molar-refractivity contribution in [3.05, 3.63) is 70.6 Å². The Balaban J connectivity index is 1.95. The van der Waals surface area contributed by atoms with E-state index in [9.17, 15) is 13.2 Å². The summed E-state index contributed by atoms with van der Waals surface area (Å²) in [6.07, 6.45) is 0. The fourth-order valence-electron chi connectivity index (χ4n) is 4.21. The van der Waals surface area contributed by atoms with E-state index in [0.717, 1.165) is 11.4 Å². The number of halogens is 1. The number of fused-ring (bicyclic) bond motifs is 1. The minimum atomic E-state index is -3.87. The van der Waals surface area contributed by atoms with Crippen molar-refractivity contribution in [2.75, 3.05) is 25.5 Å². The number of sulfonamides is 1. The summed E-state index contributed by atoms with van der Waals surface area (Å²) in [4.78, 5) is 18.1. The van der Waals surface area contributed by atoms with Crippen molar-refractivity contribution in [2.24, 2.45) is 0 Å². The molecule has 0 saturated heterocycles. The van der Waals surface area contributed by atoms with Gasteiger partial charge in [0.1, 0.15) is 10.6 Å². The molecule has 0 aliphatic rings. The first-order valence-electron chi connectivity index (χ1n) is 11.7. The Bertz CT molecular complexity index is 1580. The van der Waals surface area contributed by atoms with Crippen LogP contribution in [0.5, 0.6) is 5.75 Å². The molecule has 2 aromatic heterocycles. The fourth-order valence-corrected chi connectivity index (χ4v) is 5.97. The zero-order valence-electron chi connectivity index (χ0n) is 21.2. The van der Waals surface area contributed by atoms with Gasteiger partial charge in [-0.2, -0.15) is 9.40 Å². The zero-order chi connectivity index (χ0) is 26.9. The molecule has 9 nitrogen and oxygen atoms in total. The molecule has 0 radical (unpaired) electrons. The van der Waals surface area contributed by atoms with Crippen molar-refractivity contribution < 1.29 is 17.9 Å². The predicted molar refractivity (Wildman–Crippen MR) is 144 cm³/mol. The first-order chi connectivity index (χ1) is 17.6. The highest BCUT2D eigenvalue weighted by Crippen LogP contribution is 2.35. The minimum absolute atomic E-state index is 0.00369. The Morgan fingerprint density at radius 1 is 1.08 bits per heavy atom. The maximum Gasteiger partial charge on any atom is 0.276 e. The SMILES string of the molecule is CCN(CC)S(=O)(=O)c1cc(-c2c(C(=O)Nc3ccc(Cl)cc3)nn3c(C)cc(C)nc23)ccc1OC. The number of nitrogens with zero attached hydrogens (tertiary/aromatic N) is 4. The second-order valence-electron chi connectivity index (χ2n) is 8.41. The molecule has 11 heteroatoms. The number of nitrogens with one attached hydrogen (secondary N) is 1. The molecule has 0 atom stereocenters. The Kier molecular flexibility index (Phi) is 7.54. The first kappa shape index (κ1) is 26.6. The summed E-state index contributed by atoms with van der Waals surface area (Å²) in [5.74, 6) is -0.261. The van der Waals surface area contributed by atoms with Crippen LogP contribution in [0.4, 0.5) is 5.69 Å². The summed E-state index contributed by atoms with van der Waals surface area (Å²) in [6, 6.07) is 13.4. The van der Waals surface area contributed by atoms with Crippen LogP contribution in [0.1, 0.15) is 35.7 Å². The van der Waals surface area contributed by atoms with Gasteiger partial charge in [0.25, 0.3) is 5.91 Å². The van der Waals surface area contributed by atoms with Gasteiger partial charge in [-0.25, -0.2) is 17.9 Å². The summed E-state index contributed by atoms with van der Waals surface area (Å²) in [7, 11) is -2.44. The van der Waals surface area contributed by atoms with Gasteiger partial charge >= 0.3 is 0 Å². The van der Waals surface area contributed by atoms with Gasteiger partial charge in [-0.3, -0.25) is 4.79 Å². The third-order valence-electron chi connectivity index (χ3n) is 5.99. The van der Waals surface area contributed by atoms with E-state index < -0.39 is 15.9 Å². The predicted octanol–water partition coefficient (Wildman–Crippen LogP) is 4.96. The lowest BCUT2D eigenvalue weighted by Gasteiger charge is -2.20. The molecule has 194 valence electrons. The van der Waals surface area contributed by atoms with Crippen LogP contribution in [0.2, 0.25) is 5.02 Å². The summed E-state index contributed by atoms with van der Waals surface area (Å²) in [5, 5.41) is 7.96. The average molecular weight is 542 g/mol. The van der Waals surface area contributed by atoms with Crippen LogP contribution in [-0.4, -0.2) is 53.4 Å². The number of aryl methyl sites for hydroxylation is 2. The lowest BCUT2D eigenvalue weighted by atomic mass is 10.0. The molecule has 0 bridgehead atoms. The molecule has 0 aliphatic heterocycles. The van der Waals surface area contributed by atoms with Crippen molar-refractivity contribution in [3.63, 3.8) is 0 Å². The largest absolute Gasteiger partial charge is 0.495 e. The Labute approximate surface area is 221 Å². The number of anilines is 1. The molecule has 0 unspecified atom stereocenters. The van der Waals surface area contributed by atoms with Crippen LogP contribution in [0.3, 0.4) is 0 Å². The average Bonchev–Trinajstić information content (AvgIpc) is 3.25. The van der Waals surface area contributed by atoms with Crippen molar-refractivity contribution in [3.8, 4) is 16.9 Å². The molecule has 2 heterocycles. The normalized spacial score (nSPS) is 11.8. The molecule has 0 spiro atoms. The summed E-state index contributed by atoms with van der Waals surface area (Å²) < 4.78 is 35.3. The van der Waals surface area contributed by atoms with Gasteiger partial charge < -0.3 is 10.1 Å². The van der Waals surface area contributed by atoms with E-state index in [1.54, 1.807) is 54.8 Å². The van der Waals surface area contributed by atoms with Crippen molar-refractivity contribution in [2.45, 2.75) is 32.6 Å². The van der Waals surface area contributed by atoms with Crippen LogP contribution < -0.4 is 10.1 Å². The van der Waals surface area contributed by atoms with Crippen molar-refractivity contribution >= 4 is 38.9 Å². The molecule has 4 aromatic rings. The van der Waals surface area contributed by atoms with Crippen molar-refractivity contribution in [1.82, 2.24) is 18.9 Å². The molecule has 2 aromatic carbocycles.